The van der Waals surface area contributed by atoms with Gasteiger partial charge in [-0.1, -0.05) is 11.6 Å². The zero-order valence-corrected chi connectivity index (χ0v) is 19.0. The van der Waals surface area contributed by atoms with E-state index in [0.29, 0.717) is 24.5 Å². The normalized spacial score (nSPS) is 13.8. The van der Waals surface area contributed by atoms with Gasteiger partial charge in [0, 0.05) is 31.3 Å². The summed E-state index contributed by atoms with van der Waals surface area (Å²) in [4.78, 5) is 22.6. The van der Waals surface area contributed by atoms with Crippen molar-refractivity contribution in [1.29, 1.82) is 0 Å². The molecule has 1 aliphatic rings. The zero-order chi connectivity index (χ0) is 23.5. The minimum atomic E-state index is -3.65. The summed E-state index contributed by atoms with van der Waals surface area (Å²) in [7, 11) is -0.595. The Morgan fingerprint density at radius 1 is 1.19 bits per heavy atom. The SMILES string of the molecule is COc1cc2c(cc1OC)CN(S(=O)(=O)CCNC(=O)c1ccc(Cl)c([N+](=O)[O-])c1)CC2. The standard InChI is InChI=1S/C20H22ClN3O7S/c1-30-18-10-13-5-7-23(12-15(13)11-19(18)31-2)32(28,29)8-6-22-20(25)14-3-4-16(21)17(9-14)24(26)27/h3-4,9-11H,5-8,12H2,1-2H3,(H,22,25). The van der Waals surface area contributed by atoms with Crippen LogP contribution in [0.5, 0.6) is 11.5 Å². The molecule has 0 saturated heterocycles. The van der Waals surface area contributed by atoms with Crippen molar-refractivity contribution >= 4 is 33.2 Å². The fourth-order valence-electron chi connectivity index (χ4n) is 3.41. The van der Waals surface area contributed by atoms with E-state index in [9.17, 15) is 23.3 Å². The number of ether oxygens (including phenoxy) is 2. The lowest BCUT2D eigenvalue weighted by Gasteiger charge is -2.29. The van der Waals surface area contributed by atoms with Crippen LogP contribution in [0.1, 0.15) is 21.5 Å². The van der Waals surface area contributed by atoms with Gasteiger partial charge in [0.15, 0.2) is 11.5 Å². The first kappa shape index (κ1) is 23.8. The number of carbonyl (C=O) groups excluding carboxylic acids is 1. The van der Waals surface area contributed by atoms with Crippen molar-refractivity contribution in [2.75, 3.05) is 33.1 Å². The minimum Gasteiger partial charge on any atom is -0.493 e. The van der Waals surface area contributed by atoms with Crippen molar-refractivity contribution < 1.29 is 27.6 Å². The number of methoxy groups -OCH3 is 2. The lowest BCUT2D eigenvalue weighted by atomic mass is 10.0. The van der Waals surface area contributed by atoms with Gasteiger partial charge in [0.25, 0.3) is 11.6 Å². The largest absolute Gasteiger partial charge is 0.493 e. The molecule has 32 heavy (non-hydrogen) atoms. The first-order valence-corrected chi connectivity index (χ1v) is 11.6. The van der Waals surface area contributed by atoms with Gasteiger partial charge in [0.1, 0.15) is 5.02 Å². The summed E-state index contributed by atoms with van der Waals surface area (Å²) < 4.78 is 37.5. The smallest absolute Gasteiger partial charge is 0.288 e. The molecule has 2 aromatic carbocycles. The van der Waals surface area contributed by atoms with Crippen LogP contribution in [-0.2, 0) is 23.0 Å². The lowest BCUT2D eigenvalue weighted by molar-refractivity contribution is -0.384. The maximum atomic E-state index is 12.8. The van der Waals surface area contributed by atoms with Gasteiger partial charge < -0.3 is 14.8 Å². The van der Waals surface area contributed by atoms with Crippen LogP contribution in [0.25, 0.3) is 0 Å². The number of halogens is 1. The number of hydrogen-bond acceptors (Lipinski definition) is 7. The van der Waals surface area contributed by atoms with Gasteiger partial charge in [0.05, 0.1) is 24.9 Å². The van der Waals surface area contributed by atoms with Gasteiger partial charge in [-0.05, 0) is 41.8 Å². The van der Waals surface area contributed by atoms with Crippen LogP contribution in [0.3, 0.4) is 0 Å². The van der Waals surface area contributed by atoms with Gasteiger partial charge in [0.2, 0.25) is 10.0 Å². The van der Waals surface area contributed by atoms with Crippen LogP contribution in [-0.4, -0.2) is 56.6 Å². The number of rotatable bonds is 8. The molecule has 0 aromatic heterocycles. The third-order valence-electron chi connectivity index (χ3n) is 5.13. The highest BCUT2D eigenvalue weighted by Gasteiger charge is 2.28. The van der Waals surface area contributed by atoms with Crippen molar-refractivity contribution in [1.82, 2.24) is 9.62 Å². The number of nitrogens with zero attached hydrogens (tertiary/aromatic N) is 2. The monoisotopic (exact) mass is 483 g/mol. The second-order valence-electron chi connectivity index (χ2n) is 7.05. The summed E-state index contributed by atoms with van der Waals surface area (Å²) in [6, 6.07) is 7.26. The molecule has 0 fully saturated rings. The Kier molecular flexibility index (Phi) is 7.22. The Morgan fingerprint density at radius 3 is 2.47 bits per heavy atom. The summed E-state index contributed by atoms with van der Waals surface area (Å²) in [6.07, 6.45) is 0.524. The third-order valence-corrected chi connectivity index (χ3v) is 7.27. The highest BCUT2D eigenvalue weighted by molar-refractivity contribution is 7.89. The Balaban J connectivity index is 1.63. The Hall–Kier alpha value is -2.89. The molecule has 1 aliphatic heterocycles. The molecule has 0 bridgehead atoms. The molecular weight excluding hydrogens is 462 g/mol. The van der Waals surface area contributed by atoms with E-state index in [1.807, 2.05) is 6.07 Å². The molecule has 0 unspecified atom stereocenters. The van der Waals surface area contributed by atoms with Crippen molar-refractivity contribution in [3.8, 4) is 11.5 Å². The molecular formula is C20H22ClN3O7S. The number of fused-ring (bicyclic) bond motifs is 1. The Morgan fingerprint density at radius 2 is 1.84 bits per heavy atom. The molecule has 172 valence electrons. The number of hydrogen-bond donors (Lipinski definition) is 1. The van der Waals surface area contributed by atoms with E-state index in [0.717, 1.165) is 17.2 Å². The first-order valence-electron chi connectivity index (χ1n) is 9.60. The number of nitro groups is 1. The summed E-state index contributed by atoms with van der Waals surface area (Å²) in [5.41, 5.74) is 1.44. The number of sulfonamides is 1. The summed E-state index contributed by atoms with van der Waals surface area (Å²) in [5, 5.41) is 13.4. The highest BCUT2D eigenvalue weighted by Crippen LogP contribution is 2.33. The molecule has 10 nitrogen and oxygen atoms in total. The van der Waals surface area contributed by atoms with E-state index in [2.05, 4.69) is 5.32 Å². The molecule has 0 radical (unpaired) electrons. The van der Waals surface area contributed by atoms with E-state index in [-0.39, 0.29) is 29.4 Å². The zero-order valence-electron chi connectivity index (χ0n) is 17.5. The van der Waals surface area contributed by atoms with Crippen LogP contribution < -0.4 is 14.8 Å². The summed E-state index contributed by atoms with van der Waals surface area (Å²) >= 11 is 5.74. The average Bonchev–Trinajstić information content (AvgIpc) is 2.77. The van der Waals surface area contributed by atoms with Gasteiger partial charge in [-0.2, -0.15) is 4.31 Å². The Labute approximate surface area is 190 Å². The minimum absolute atomic E-state index is 0.0199. The first-order chi connectivity index (χ1) is 15.2. The van der Waals surface area contributed by atoms with Crippen molar-refractivity contribution in [2.24, 2.45) is 0 Å². The number of benzene rings is 2. The molecule has 1 N–H and O–H groups in total. The molecule has 3 rings (SSSR count). The fraction of sp³-hybridized carbons (Fsp3) is 0.350. The van der Waals surface area contributed by atoms with Crippen molar-refractivity contribution in [3.63, 3.8) is 0 Å². The van der Waals surface area contributed by atoms with E-state index in [1.54, 1.807) is 13.2 Å². The van der Waals surface area contributed by atoms with Gasteiger partial charge in [-0.25, -0.2) is 8.42 Å². The molecule has 0 aliphatic carbocycles. The van der Waals surface area contributed by atoms with Crippen molar-refractivity contribution in [3.05, 3.63) is 62.2 Å². The summed E-state index contributed by atoms with van der Waals surface area (Å²) in [5.74, 6) is 0.181. The van der Waals surface area contributed by atoms with E-state index < -0.39 is 26.5 Å². The third kappa shape index (κ3) is 5.12. The topological polar surface area (TPSA) is 128 Å². The fourth-order valence-corrected chi connectivity index (χ4v) is 4.92. The van der Waals surface area contributed by atoms with Gasteiger partial charge >= 0.3 is 0 Å². The van der Waals surface area contributed by atoms with Gasteiger partial charge in [-0.3, -0.25) is 14.9 Å². The number of nitro benzene ring substituents is 1. The second kappa shape index (κ2) is 9.72. The molecule has 12 heteroatoms. The van der Waals surface area contributed by atoms with Crippen LogP contribution >= 0.6 is 11.6 Å². The molecule has 1 amide bonds. The predicted molar refractivity (Wildman–Crippen MR) is 118 cm³/mol. The average molecular weight is 484 g/mol. The van der Waals surface area contributed by atoms with E-state index in [1.165, 1.54) is 23.5 Å². The molecule has 0 saturated carbocycles. The highest BCUT2D eigenvalue weighted by atomic mass is 35.5. The quantitative estimate of drug-likeness (QED) is 0.451. The molecule has 0 spiro atoms. The van der Waals surface area contributed by atoms with Crippen LogP contribution in [0.2, 0.25) is 5.02 Å². The second-order valence-corrected chi connectivity index (χ2v) is 9.55. The Bertz CT molecular complexity index is 1150. The number of carbonyl (C=O) groups is 1. The number of amides is 1. The maximum Gasteiger partial charge on any atom is 0.288 e. The van der Waals surface area contributed by atoms with Gasteiger partial charge in [-0.15, -0.1) is 0 Å². The van der Waals surface area contributed by atoms with E-state index >= 15 is 0 Å². The van der Waals surface area contributed by atoms with Crippen LogP contribution in [0.4, 0.5) is 5.69 Å². The molecule has 1 heterocycles. The maximum absolute atomic E-state index is 12.8. The van der Waals surface area contributed by atoms with Crippen LogP contribution in [0, 0.1) is 10.1 Å². The predicted octanol–water partition coefficient (Wildman–Crippen LogP) is 2.38. The van der Waals surface area contributed by atoms with Crippen molar-refractivity contribution in [2.45, 2.75) is 13.0 Å². The van der Waals surface area contributed by atoms with E-state index in [4.69, 9.17) is 21.1 Å². The number of nitrogens with one attached hydrogen (secondary N) is 1. The van der Waals surface area contributed by atoms with Crippen LogP contribution in [0.15, 0.2) is 30.3 Å². The molecule has 0 atom stereocenters. The lowest BCUT2D eigenvalue weighted by Crippen LogP contribution is -2.40. The molecule has 2 aromatic rings. The summed E-state index contributed by atoms with van der Waals surface area (Å²) in [6.45, 7) is 0.352.